The second kappa shape index (κ2) is 9.61. The molecule has 0 spiro atoms. The van der Waals surface area contributed by atoms with Crippen LogP contribution in [-0.2, 0) is 18.4 Å². The predicted molar refractivity (Wildman–Crippen MR) is 111 cm³/mol. The van der Waals surface area contributed by atoms with Crippen LogP contribution in [0.2, 0.25) is 5.02 Å². The highest BCUT2D eigenvalue weighted by molar-refractivity contribution is 7.99. The lowest BCUT2D eigenvalue weighted by atomic mass is 10.1. The van der Waals surface area contributed by atoms with E-state index in [0.29, 0.717) is 21.8 Å². The predicted octanol–water partition coefficient (Wildman–Crippen LogP) is 4.02. The van der Waals surface area contributed by atoms with Crippen molar-refractivity contribution in [2.24, 2.45) is 7.05 Å². The van der Waals surface area contributed by atoms with Crippen LogP contribution in [0.1, 0.15) is 24.4 Å². The lowest BCUT2D eigenvalue weighted by molar-refractivity contribution is -0.119. The Balaban J connectivity index is 1.51. The highest BCUT2D eigenvalue weighted by Gasteiger charge is 2.14. The van der Waals surface area contributed by atoms with Gasteiger partial charge in [0.2, 0.25) is 5.91 Å². The normalized spacial score (nSPS) is 11.8. The number of para-hydroxylation sites is 1. The van der Waals surface area contributed by atoms with Gasteiger partial charge in [0.05, 0.1) is 16.8 Å². The molecule has 0 aliphatic carbocycles. The summed E-state index contributed by atoms with van der Waals surface area (Å²) in [5, 5.41) is 12.5. The topological polar surface area (TPSA) is 69.0 Å². The van der Waals surface area contributed by atoms with E-state index in [4.69, 9.17) is 16.3 Å². The molecule has 0 fully saturated rings. The fraction of sp³-hybridized carbons (Fsp3) is 0.250. The number of amides is 1. The van der Waals surface area contributed by atoms with Crippen molar-refractivity contribution in [2.45, 2.75) is 24.7 Å². The number of aromatic nitrogens is 3. The fourth-order valence-corrected chi connectivity index (χ4v) is 3.47. The summed E-state index contributed by atoms with van der Waals surface area (Å²) in [6.45, 7) is 2.20. The number of ether oxygens (including phenoxy) is 1. The van der Waals surface area contributed by atoms with E-state index < -0.39 is 0 Å². The summed E-state index contributed by atoms with van der Waals surface area (Å²) >= 11 is 7.42. The van der Waals surface area contributed by atoms with Crippen LogP contribution in [0.25, 0.3) is 0 Å². The number of carbonyl (C=O) groups is 1. The number of nitrogens with zero attached hydrogens (tertiary/aromatic N) is 3. The van der Waals surface area contributed by atoms with Crippen LogP contribution in [0.15, 0.2) is 59.8 Å². The van der Waals surface area contributed by atoms with Crippen molar-refractivity contribution in [1.29, 1.82) is 0 Å². The molecule has 28 heavy (non-hydrogen) atoms. The van der Waals surface area contributed by atoms with Crippen LogP contribution in [0.3, 0.4) is 0 Å². The van der Waals surface area contributed by atoms with Crippen molar-refractivity contribution in [3.8, 4) is 5.75 Å². The first-order valence-corrected chi connectivity index (χ1v) is 10.1. The van der Waals surface area contributed by atoms with Gasteiger partial charge in [0.25, 0.3) is 0 Å². The van der Waals surface area contributed by atoms with Gasteiger partial charge in [-0.05, 0) is 24.6 Å². The Kier molecular flexibility index (Phi) is 6.95. The van der Waals surface area contributed by atoms with Crippen LogP contribution in [-0.4, -0.2) is 26.4 Å². The summed E-state index contributed by atoms with van der Waals surface area (Å²) < 4.78 is 7.52. The fourth-order valence-electron chi connectivity index (χ4n) is 2.54. The molecule has 0 radical (unpaired) electrons. The smallest absolute Gasteiger partial charge is 0.230 e. The Morgan fingerprint density at radius 3 is 2.64 bits per heavy atom. The molecule has 3 rings (SSSR count). The summed E-state index contributed by atoms with van der Waals surface area (Å²) in [4.78, 5) is 12.2. The van der Waals surface area contributed by atoms with E-state index in [2.05, 4.69) is 15.5 Å². The lowest BCUT2D eigenvalue weighted by Gasteiger charge is -2.14. The number of hydrogen-bond acceptors (Lipinski definition) is 5. The summed E-state index contributed by atoms with van der Waals surface area (Å²) in [5.41, 5.74) is 1.07. The monoisotopic (exact) mass is 416 g/mol. The summed E-state index contributed by atoms with van der Waals surface area (Å²) in [6.07, 6.45) is 0. The third-order valence-electron chi connectivity index (χ3n) is 4.13. The summed E-state index contributed by atoms with van der Waals surface area (Å²) in [6, 6.07) is 17.1. The summed E-state index contributed by atoms with van der Waals surface area (Å²) in [5.74, 6) is 1.45. The molecule has 0 unspecified atom stereocenters. The molecule has 1 amide bonds. The van der Waals surface area contributed by atoms with Crippen molar-refractivity contribution in [3.63, 3.8) is 0 Å². The highest BCUT2D eigenvalue weighted by Crippen LogP contribution is 2.24. The first-order valence-electron chi connectivity index (χ1n) is 8.77. The number of hydrogen-bond donors (Lipinski definition) is 1. The Morgan fingerprint density at radius 2 is 1.89 bits per heavy atom. The summed E-state index contributed by atoms with van der Waals surface area (Å²) in [7, 11) is 1.85. The SMILES string of the molecule is C[C@H](NC(=O)CSc1nnc(COc2ccccc2Cl)n1C)c1ccccc1. The maximum Gasteiger partial charge on any atom is 0.230 e. The maximum atomic E-state index is 12.2. The standard InChI is InChI=1S/C20H21ClN4O2S/c1-14(15-8-4-3-5-9-15)22-19(26)13-28-20-24-23-18(25(20)2)12-27-17-11-7-6-10-16(17)21/h3-11,14H,12-13H2,1-2H3,(H,22,26)/t14-/m0/s1. The average molecular weight is 417 g/mol. The molecular formula is C20H21ClN4O2S. The molecule has 3 aromatic rings. The number of carbonyl (C=O) groups excluding carboxylic acids is 1. The van der Waals surface area contributed by atoms with E-state index >= 15 is 0 Å². The largest absolute Gasteiger partial charge is 0.484 e. The van der Waals surface area contributed by atoms with E-state index in [1.54, 1.807) is 12.1 Å². The van der Waals surface area contributed by atoms with E-state index in [0.717, 1.165) is 5.56 Å². The second-order valence-electron chi connectivity index (χ2n) is 6.17. The van der Waals surface area contributed by atoms with Gasteiger partial charge in [0.15, 0.2) is 11.0 Å². The van der Waals surface area contributed by atoms with Gasteiger partial charge in [-0.1, -0.05) is 65.8 Å². The van der Waals surface area contributed by atoms with Crippen LogP contribution in [0.5, 0.6) is 5.75 Å². The van der Waals surface area contributed by atoms with Crippen molar-refractivity contribution < 1.29 is 9.53 Å². The minimum absolute atomic E-state index is 0.0478. The molecule has 0 bridgehead atoms. The number of benzene rings is 2. The quantitative estimate of drug-likeness (QED) is 0.562. The number of thioether (sulfide) groups is 1. The van der Waals surface area contributed by atoms with Crippen molar-refractivity contribution in [3.05, 3.63) is 71.0 Å². The highest BCUT2D eigenvalue weighted by atomic mass is 35.5. The van der Waals surface area contributed by atoms with Crippen molar-refractivity contribution in [2.75, 3.05) is 5.75 Å². The van der Waals surface area contributed by atoms with Gasteiger partial charge < -0.3 is 14.6 Å². The van der Waals surface area contributed by atoms with Gasteiger partial charge >= 0.3 is 0 Å². The van der Waals surface area contributed by atoms with Crippen molar-refractivity contribution in [1.82, 2.24) is 20.1 Å². The van der Waals surface area contributed by atoms with Crippen LogP contribution < -0.4 is 10.1 Å². The van der Waals surface area contributed by atoms with Gasteiger partial charge in [-0.15, -0.1) is 10.2 Å². The van der Waals surface area contributed by atoms with Crippen molar-refractivity contribution >= 4 is 29.3 Å². The van der Waals surface area contributed by atoms with E-state index in [1.165, 1.54) is 11.8 Å². The van der Waals surface area contributed by atoms with Crippen LogP contribution in [0, 0.1) is 0 Å². The molecule has 0 aliphatic heterocycles. The van der Waals surface area contributed by atoms with Gasteiger partial charge in [-0.3, -0.25) is 4.79 Å². The number of halogens is 1. The molecule has 0 saturated carbocycles. The lowest BCUT2D eigenvalue weighted by Crippen LogP contribution is -2.28. The number of rotatable bonds is 8. The van der Waals surface area contributed by atoms with Gasteiger partial charge in [0.1, 0.15) is 12.4 Å². The molecule has 1 heterocycles. The molecule has 1 atom stereocenters. The molecule has 2 aromatic carbocycles. The molecule has 1 aromatic heterocycles. The third-order valence-corrected chi connectivity index (χ3v) is 5.46. The molecule has 0 aliphatic rings. The zero-order valence-corrected chi connectivity index (χ0v) is 17.2. The molecule has 6 nitrogen and oxygen atoms in total. The van der Waals surface area contributed by atoms with Crippen LogP contribution in [0.4, 0.5) is 0 Å². The molecule has 146 valence electrons. The minimum Gasteiger partial charge on any atom is -0.484 e. The molecular weight excluding hydrogens is 396 g/mol. The Bertz CT molecular complexity index is 933. The maximum absolute atomic E-state index is 12.2. The zero-order valence-electron chi connectivity index (χ0n) is 15.6. The Labute approximate surface area is 173 Å². The second-order valence-corrected chi connectivity index (χ2v) is 7.52. The Hall–Kier alpha value is -2.51. The Morgan fingerprint density at radius 1 is 1.18 bits per heavy atom. The van der Waals surface area contributed by atoms with Gasteiger partial charge in [-0.2, -0.15) is 0 Å². The van der Waals surface area contributed by atoms with Crippen LogP contribution >= 0.6 is 23.4 Å². The third kappa shape index (κ3) is 5.27. The van der Waals surface area contributed by atoms with Gasteiger partial charge in [-0.25, -0.2) is 0 Å². The zero-order chi connectivity index (χ0) is 19.9. The molecule has 0 saturated heterocycles. The average Bonchev–Trinajstić information content (AvgIpc) is 3.06. The minimum atomic E-state index is -0.0572. The van der Waals surface area contributed by atoms with E-state index in [9.17, 15) is 4.79 Å². The molecule has 8 heteroatoms. The van der Waals surface area contributed by atoms with Gasteiger partial charge in [0, 0.05) is 7.05 Å². The number of nitrogens with one attached hydrogen (secondary N) is 1. The first kappa shape index (κ1) is 20.2. The molecule has 1 N–H and O–H groups in total. The first-order chi connectivity index (χ1) is 13.5. The van der Waals surface area contributed by atoms with E-state index in [-0.39, 0.29) is 24.3 Å². The van der Waals surface area contributed by atoms with E-state index in [1.807, 2.05) is 61.0 Å².